The molecule has 0 bridgehead atoms. The number of fused-ring (bicyclic) bond motifs is 1. The molecule has 1 fully saturated rings. The zero-order chi connectivity index (χ0) is 25.4. The molecule has 2 aromatic heterocycles. The summed E-state index contributed by atoms with van der Waals surface area (Å²) in [5, 5.41) is 17.8. The highest BCUT2D eigenvalue weighted by atomic mass is 32.2. The zero-order valence-electron chi connectivity index (χ0n) is 20.3. The van der Waals surface area contributed by atoms with Crippen LogP contribution in [0.5, 0.6) is 0 Å². The van der Waals surface area contributed by atoms with E-state index in [1.807, 2.05) is 27.7 Å². The minimum absolute atomic E-state index is 0.185. The average molecular weight is 499 g/mol. The second kappa shape index (κ2) is 9.45. The molecule has 1 aromatic carbocycles. The molecule has 4 rings (SSSR count). The molecule has 3 heterocycles. The Hall–Kier alpha value is -3.20. The Morgan fingerprint density at radius 1 is 1.29 bits per heavy atom. The van der Waals surface area contributed by atoms with Crippen LogP contribution in [0.4, 0.5) is 11.5 Å². The summed E-state index contributed by atoms with van der Waals surface area (Å²) in [7, 11) is -3.67. The van der Waals surface area contributed by atoms with Gasteiger partial charge in [-0.25, -0.2) is 8.42 Å². The Labute approximate surface area is 204 Å². The van der Waals surface area contributed by atoms with Gasteiger partial charge < -0.3 is 15.0 Å². The fourth-order valence-corrected chi connectivity index (χ4v) is 6.33. The summed E-state index contributed by atoms with van der Waals surface area (Å²) in [6, 6.07) is 10.1. The Kier molecular flexibility index (Phi) is 6.73. The van der Waals surface area contributed by atoms with Gasteiger partial charge in [0.15, 0.2) is 5.82 Å². The number of aromatic nitrogens is 3. The van der Waals surface area contributed by atoms with Crippen LogP contribution in [-0.4, -0.2) is 52.8 Å². The molecule has 0 saturated carbocycles. The third-order valence-corrected chi connectivity index (χ3v) is 8.43. The topological polar surface area (TPSA) is 133 Å². The first-order chi connectivity index (χ1) is 16.6. The van der Waals surface area contributed by atoms with E-state index in [2.05, 4.69) is 21.5 Å². The quantitative estimate of drug-likeness (QED) is 0.532. The molecular weight excluding hydrogens is 468 g/mol. The highest BCUT2D eigenvalue weighted by Crippen LogP contribution is 2.32. The first-order valence-electron chi connectivity index (χ1n) is 11.5. The number of ether oxygens (including phenoxy) is 1. The first kappa shape index (κ1) is 24.9. The van der Waals surface area contributed by atoms with Crippen LogP contribution in [-0.2, 0) is 14.8 Å². The first-order valence-corrected chi connectivity index (χ1v) is 13.0. The number of nitriles is 1. The fourth-order valence-electron chi connectivity index (χ4n) is 4.53. The van der Waals surface area contributed by atoms with E-state index in [1.165, 1.54) is 16.4 Å². The lowest BCUT2D eigenvalue weighted by molar-refractivity contribution is 0.0359. The summed E-state index contributed by atoms with van der Waals surface area (Å²) < 4.78 is 35.0. The van der Waals surface area contributed by atoms with Gasteiger partial charge in [-0.1, -0.05) is 6.92 Å². The number of aromatic amines is 1. The van der Waals surface area contributed by atoms with Crippen LogP contribution in [0.25, 0.3) is 10.9 Å². The fraction of sp³-hybridized carbons (Fsp3) is 0.458. The molecule has 0 unspecified atom stereocenters. The van der Waals surface area contributed by atoms with Gasteiger partial charge in [-0.2, -0.15) is 14.7 Å². The normalized spacial score (nSPS) is 19.1. The van der Waals surface area contributed by atoms with Crippen LogP contribution in [0.1, 0.15) is 40.2 Å². The standard InChI is InChI=1S/C24H30N6O4S/c1-5-29(24(2,3)4)35(32,33)18-8-6-17(7-9-18)27-22-21-19(10-12-26-23(21)31)30(28-22)20-15-34-13-11-16(20)14-25/h6-10,12,16,20H,5,11,13,15H2,1-4H3,(H,26,31)(H,27,28)/t16-,20+/m1/s1. The number of anilines is 2. The Morgan fingerprint density at radius 2 is 2.00 bits per heavy atom. The second-order valence-corrected chi connectivity index (χ2v) is 11.4. The third-order valence-electron chi connectivity index (χ3n) is 6.18. The van der Waals surface area contributed by atoms with Crippen LogP contribution in [0, 0.1) is 17.2 Å². The molecule has 1 aliphatic rings. The van der Waals surface area contributed by atoms with Crippen molar-refractivity contribution in [2.45, 2.75) is 50.6 Å². The van der Waals surface area contributed by atoms with Crippen LogP contribution in [0.2, 0.25) is 0 Å². The Bertz CT molecular complexity index is 1410. The molecule has 11 heteroatoms. The van der Waals surface area contributed by atoms with Gasteiger partial charge in [-0.15, -0.1) is 0 Å². The van der Waals surface area contributed by atoms with Gasteiger partial charge in [0, 0.05) is 30.6 Å². The van der Waals surface area contributed by atoms with Crippen molar-refractivity contribution in [2.24, 2.45) is 5.92 Å². The van der Waals surface area contributed by atoms with Crippen LogP contribution in [0.15, 0.2) is 46.2 Å². The average Bonchev–Trinajstić information content (AvgIpc) is 3.18. The largest absolute Gasteiger partial charge is 0.379 e. The predicted molar refractivity (Wildman–Crippen MR) is 133 cm³/mol. The van der Waals surface area contributed by atoms with Crippen LogP contribution >= 0.6 is 0 Å². The minimum atomic E-state index is -3.67. The molecule has 186 valence electrons. The summed E-state index contributed by atoms with van der Waals surface area (Å²) in [5.74, 6) is 0.0393. The van der Waals surface area contributed by atoms with E-state index < -0.39 is 15.6 Å². The van der Waals surface area contributed by atoms with E-state index in [1.54, 1.807) is 29.1 Å². The summed E-state index contributed by atoms with van der Waals surface area (Å²) in [6.07, 6.45) is 2.14. The second-order valence-electron chi connectivity index (χ2n) is 9.52. The molecule has 35 heavy (non-hydrogen) atoms. The number of benzene rings is 1. The molecule has 3 aromatic rings. The van der Waals surface area contributed by atoms with Crippen LogP contribution < -0.4 is 10.9 Å². The lowest BCUT2D eigenvalue weighted by Gasteiger charge is -2.33. The van der Waals surface area contributed by atoms with Crippen LogP contribution in [0.3, 0.4) is 0 Å². The zero-order valence-corrected chi connectivity index (χ0v) is 21.1. The van der Waals surface area contributed by atoms with E-state index in [-0.39, 0.29) is 22.4 Å². The monoisotopic (exact) mass is 498 g/mol. The maximum atomic E-state index is 13.1. The van der Waals surface area contributed by atoms with E-state index in [0.717, 1.165) is 0 Å². The summed E-state index contributed by atoms with van der Waals surface area (Å²) in [6.45, 7) is 8.58. The Morgan fingerprint density at radius 3 is 2.63 bits per heavy atom. The lowest BCUT2D eigenvalue weighted by atomic mass is 9.96. The van der Waals surface area contributed by atoms with Gasteiger partial charge in [0.25, 0.3) is 5.56 Å². The van der Waals surface area contributed by atoms with Gasteiger partial charge in [-0.3, -0.25) is 9.48 Å². The van der Waals surface area contributed by atoms with Gasteiger partial charge in [0.05, 0.1) is 35.0 Å². The smallest absolute Gasteiger partial charge is 0.261 e. The van der Waals surface area contributed by atoms with E-state index >= 15 is 0 Å². The number of nitrogens with zero attached hydrogens (tertiary/aromatic N) is 4. The van der Waals surface area contributed by atoms with Crippen molar-refractivity contribution in [1.29, 1.82) is 5.26 Å². The van der Waals surface area contributed by atoms with E-state index in [0.29, 0.717) is 48.6 Å². The predicted octanol–water partition coefficient (Wildman–Crippen LogP) is 3.38. The summed E-state index contributed by atoms with van der Waals surface area (Å²) in [5.41, 5.74) is 0.301. The van der Waals surface area contributed by atoms with E-state index in [4.69, 9.17) is 4.74 Å². The number of nitrogens with one attached hydrogen (secondary N) is 2. The molecular formula is C24H30N6O4S. The molecule has 10 nitrogen and oxygen atoms in total. The maximum absolute atomic E-state index is 13.1. The van der Waals surface area contributed by atoms with Crippen molar-refractivity contribution in [2.75, 3.05) is 25.1 Å². The number of pyridine rings is 1. The highest BCUT2D eigenvalue weighted by Gasteiger charge is 2.33. The molecule has 2 N–H and O–H groups in total. The van der Waals surface area contributed by atoms with Crippen molar-refractivity contribution in [3.63, 3.8) is 0 Å². The molecule has 1 aliphatic heterocycles. The maximum Gasteiger partial charge on any atom is 0.261 e. The van der Waals surface area contributed by atoms with Gasteiger partial charge in [0.1, 0.15) is 5.39 Å². The van der Waals surface area contributed by atoms with Crippen molar-refractivity contribution in [3.8, 4) is 6.07 Å². The highest BCUT2D eigenvalue weighted by molar-refractivity contribution is 7.89. The number of sulfonamides is 1. The van der Waals surface area contributed by atoms with Crippen molar-refractivity contribution in [1.82, 2.24) is 19.1 Å². The molecule has 0 amide bonds. The number of hydrogen-bond acceptors (Lipinski definition) is 7. The molecule has 0 radical (unpaired) electrons. The molecule has 2 atom stereocenters. The summed E-state index contributed by atoms with van der Waals surface area (Å²) >= 11 is 0. The lowest BCUT2D eigenvalue weighted by Crippen LogP contribution is -2.45. The molecule has 0 spiro atoms. The SMILES string of the molecule is CCN(C(C)(C)C)S(=O)(=O)c1ccc(Nc2nn([C@H]3COCC[C@@H]3C#N)c3cc[nH]c(=O)c23)cc1. The Balaban J connectivity index is 1.69. The summed E-state index contributed by atoms with van der Waals surface area (Å²) in [4.78, 5) is 15.6. The molecule has 1 saturated heterocycles. The number of hydrogen-bond donors (Lipinski definition) is 2. The number of rotatable bonds is 6. The van der Waals surface area contributed by atoms with Crippen molar-refractivity contribution >= 4 is 32.4 Å². The van der Waals surface area contributed by atoms with Crippen molar-refractivity contribution in [3.05, 3.63) is 46.9 Å². The van der Waals surface area contributed by atoms with Crippen molar-refractivity contribution < 1.29 is 13.2 Å². The minimum Gasteiger partial charge on any atom is -0.379 e. The third kappa shape index (κ3) is 4.69. The molecule has 0 aliphatic carbocycles. The van der Waals surface area contributed by atoms with E-state index in [9.17, 15) is 18.5 Å². The van der Waals surface area contributed by atoms with Gasteiger partial charge in [0.2, 0.25) is 10.0 Å². The number of H-pyrrole nitrogens is 1. The van der Waals surface area contributed by atoms with Gasteiger partial charge in [-0.05, 0) is 57.5 Å². The van der Waals surface area contributed by atoms with Gasteiger partial charge >= 0.3 is 0 Å².